The maximum absolute atomic E-state index is 9.49. The van der Waals surface area contributed by atoms with Gasteiger partial charge in [0.1, 0.15) is 12.7 Å². The number of aliphatic hydroxyl groups is 2. The minimum atomic E-state index is -0.689. The van der Waals surface area contributed by atoms with Crippen molar-refractivity contribution in [3.63, 3.8) is 0 Å². The van der Waals surface area contributed by atoms with Gasteiger partial charge in [0.05, 0.1) is 12.7 Å². The highest BCUT2D eigenvalue weighted by Crippen LogP contribution is 2.41. The van der Waals surface area contributed by atoms with Crippen molar-refractivity contribution in [2.24, 2.45) is 5.92 Å². The molecule has 0 amide bonds. The molecule has 2 aromatic rings. The average Bonchev–Trinajstić information content (AvgIpc) is 3.02. The van der Waals surface area contributed by atoms with Gasteiger partial charge in [-0.2, -0.15) is 0 Å². The summed E-state index contributed by atoms with van der Waals surface area (Å²) >= 11 is 0. The third-order valence-corrected chi connectivity index (χ3v) is 3.12. The zero-order chi connectivity index (χ0) is 12.7. The Bertz CT molecular complexity index is 621. The first-order chi connectivity index (χ1) is 8.70. The van der Waals surface area contributed by atoms with E-state index in [1.54, 1.807) is 10.9 Å². The molecule has 1 fully saturated rings. The topological polar surface area (TPSA) is 110 Å². The smallest absolute Gasteiger partial charge is 0.169 e. The molecule has 18 heavy (non-hydrogen) atoms. The quantitative estimate of drug-likeness (QED) is 0.682. The molecule has 0 radical (unpaired) electrons. The number of aromatic nitrogens is 4. The molecule has 0 bridgehead atoms. The highest BCUT2D eigenvalue weighted by Gasteiger charge is 2.36. The molecule has 0 aliphatic heterocycles. The normalized spacial score (nSPS) is 22.6. The maximum Gasteiger partial charge on any atom is 0.169 e. The fraction of sp³-hybridized carbons (Fsp3) is 0.364. The summed E-state index contributed by atoms with van der Waals surface area (Å²) in [4.78, 5) is 12.1. The minimum absolute atomic E-state index is 0.0339. The summed E-state index contributed by atoms with van der Waals surface area (Å²) in [7, 11) is 0. The van der Waals surface area contributed by atoms with E-state index in [4.69, 9.17) is 10.8 Å². The molecular weight excluding hydrogens is 234 g/mol. The van der Waals surface area contributed by atoms with Crippen molar-refractivity contribution < 1.29 is 10.2 Å². The maximum atomic E-state index is 9.49. The summed E-state index contributed by atoms with van der Waals surface area (Å²) in [6.45, 7) is -0.220. The average molecular weight is 247 g/mol. The molecule has 2 heterocycles. The van der Waals surface area contributed by atoms with Crippen LogP contribution >= 0.6 is 0 Å². The Morgan fingerprint density at radius 2 is 2.33 bits per heavy atom. The van der Waals surface area contributed by atoms with Crippen LogP contribution in [0.15, 0.2) is 18.2 Å². The molecule has 7 heteroatoms. The van der Waals surface area contributed by atoms with E-state index in [1.807, 2.05) is 6.20 Å². The van der Waals surface area contributed by atoms with Crippen LogP contribution in [0, 0.1) is 5.92 Å². The number of imidazole rings is 1. The van der Waals surface area contributed by atoms with E-state index in [-0.39, 0.29) is 12.5 Å². The molecule has 1 saturated carbocycles. The molecule has 4 N–H and O–H groups in total. The monoisotopic (exact) mass is 247 g/mol. The van der Waals surface area contributed by atoms with Crippen molar-refractivity contribution in [3.05, 3.63) is 18.2 Å². The Balaban J connectivity index is 1.93. The van der Waals surface area contributed by atoms with Crippen LogP contribution in [-0.4, -0.2) is 42.4 Å². The molecule has 0 aromatic carbocycles. The van der Waals surface area contributed by atoms with E-state index < -0.39 is 6.10 Å². The summed E-state index contributed by atoms with van der Waals surface area (Å²) < 4.78 is 1.76. The molecule has 1 aliphatic rings. The van der Waals surface area contributed by atoms with E-state index >= 15 is 0 Å². The van der Waals surface area contributed by atoms with Gasteiger partial charge in [-0.3, -0.25) is 4.57 Å². The number of nitrogens with zero attached hydrogens (tertiary/aromatic N) is 4. The third-order valence-electron chi connectivity index (χ3n) is 3.12. The lowest BCUT2D eigenvalue weighted by Gasteiger charge is -2.01. The van der Waals surface area contributed by atoms with E-state index in [0.29, 0.717) is 17.0 Å². The molecule has 3 rings (SSSR count). The zero-order valence-corrected chi connectivity index (χ0v) is 9.56. The third kappa shape index (κ3) is 1.73. The van der Waals surface area contributed by atoms with Crippen molar-refractivity contribution in [2.75, 3.05) is 12.3 Å². The Morgan fingerprint density at radius 3 is 3.11 bits per heavy atom. The number of nitrogen functional groups attached to an aromatic ring is 1. The van der Waals surface area contributed by atoms with Crippen LogP contribution in [0.1, 0.15) is 6.42 Å². The SMILES string of the molecule is Nc1ncnc2c1ncn2/C=C1\CC1[C@H](O)CO. The first-order valence-electron chi connectivity index (χ1n) is 5.63. The van der Waals surface area contributed by atoms with Gasteiger partial charge < -0.3 is 15.9 Å². The molecule has 2 aromatic heterocycles. The van der Waals surface area contributed by atoms with Crippen molar-refractivity contribution in [3.8, 4) is 0 Å². The highest BCUT2D eigenvalue weighted by atomic mass is 16.3. The second-order valence-electron chi connectivity index (χ2n) is 4.35. The summed E-state index contributed by atoms with van der Waals surface area (Å²) in [5.74, 6) is 0.381. The number of hydrogen-bond acceptors (Lipinski definition) is 6. The van der Waals surface area contributed by atoms with Crippen LogP contribution < -0.4 is 5.73 Å². The lowest BCUT2D eigenvalue weighted by Crippen LogP contribution is -2.14. The molecule has 0 spiro atoms. The van der Waals surface area contributed by atoms with Crippen molar-refractivity contribution in [2.45, 2.75) is 12.5 Å². The van der Waals surface area contributed by atoms with E-state index in [9.17, 15) is 5.11 Å². The molecule has 1 aliphatic carbocycles. The lowest BCUT2D eigenvalue weighted by molar-refractivity contribution is 0.0815. The largest absolute Gasteiger partial charge is 0.394 e. The Morgan fingerprint density at radius 1 is 1.50 bits per heavy atom. The van der Waals surface area contributed by atoms with Crippen molar-refractivity contribution in [1.29, 1.82) is 0 Å². The second kappa shape index (κ2) is 4.04. The van der Waals surface area contributed by atoms with Crippen LogP contribution in [-0.2, 0) is 0 Å². The van der Waals surface area contributed by atoms with Crippen molar-refractivity contribution >= 4 is 23.2 Å². The Kier molecular flexibility index (Phi) is 2.49. The predicted octanol–water partition coefficient (Wildman–Crippen LogP) is -0.378. The van der Waals surface area contributed by atoms with Crippen LogP contribution in [0.4, 0.5) is 5.82 Å². The standard InChI is InChI=1S/C11H13N5O2/c12-10-9-11(14-4-13-10)16(5-15-9)2-6-1-7(6)8(18)3-17/h2,4-5,7-8,17-18H,1,3H2,(H2,12,13,14)/b6-2+/t7?,8-/m1/s1. The number of anilines is 1. The number of aliphatic hydroxyl groups excluding tert-OH is 2. The van der Waals surface area contributed by atoms with Crippen molar-refractivity contribution in [1.82, 2.24) is 19.5 Å². The Labute approximate surface area is 103 Å². The zero-order valence-electron chi connectivity index (χ0n) is 9.56. The first kappa shape index (κ1) is 11.1. The lowest BCUT2D eigenvalue weighted by atomic mass is 10.2. The molecular formula is C11H13N5O2. The summed E-state index contributed by atoms with van der Waals surface area (Å²) in [5, 5.41) is 18.4. The van der Waals surface area contributed by atoms with Gasteiger partial charge >= 0.3 is 0 Å². The second-order valence-corrected chi connectivity index (χ2v) is 4.35. The van der Waals surface area contributed by atoms with E-state index in [1.165, 1.54) is 6.33 Å². The predicted molar refractivity (Wildman–Crippen MR) is 65.2 cm³/mol. The van der Waals surface area contributed by atoms with E-state index in [0.717, 1.165) is 12.0 Å². The van der Waals surface area contributed by atoms with Crippen LogP contribution in [0.3, 0.4) is 0 Å². The van der Waals surface area contributed by atoms with Crippen LogP contribution in [0.5, 0.6) is 0 Å². The summed E-state index contributed by atoms with van der Waals surface area (Å²) in [6, 6.07) is 0. The van der Waals surface area contributed by atoms with Gasteiger partial charge in [-0.25, -0.2) is 15.0 Å². The van der Waals surface area contributed by atoms with Crippen LogP contribution in [0.25, 0.3) is 17.4 Å². The van der Waals surface area contributed by atoms with E-state index in [2.05, 4.69) is 15.0 Å². The summed E-state index contributed by atoms with van der Waals surface area (Å²) in [5.41, 5.74) is 7.96. The number of hydrogen-bond donors (Lipinski definition) is 3. The highest BCUT2D eigenvalue weighted by molar-refractivity contribution is 5.82. The van der Waals surface area contributed by atoms with Gasteiger partial charge in [0.15, 0.2) is 17.0 Å². The van der Waals surface area contributed by atoms with Gasteiger partial charge in [-0.1, -0.05) is 0 Å². The van der Waals surface area contributed by atoms with Gasteiger partial charge in [-0.05, 0) is 12.0 Å². The fourth-order valence-electron chi connectivity index (χ4n) is 2.00. The van der Waals surface area contributed by atoms with Gasteiger partial charge in [0.2, 0.25) is 0 Å². The Hall–Kier alpha value is -1.99. The molecule has 2 atom stereocenters. The number of rotatable bonds is 3. The number of fused-ring (bicyclic) bond motifs is 1. The minimum Gasteiger partial charge on any atom is -0.394 e. The number of nitrogens with two attached hydrogens (primary N) is 1. The molecule has 0 saturated heterocycles. The molecule has 1 unspecified atom stereocenters. The first-order valence-corrected chi connectivity index (χ1v) is 5.63. The van der Waals surface area contributed by atoms with Gasteiger partial charge in [0, 0.05) is 12.1 Å². The van der Waals surface area contributed by atoms with Crippen LogP contribution in [0.2, 0.25) is 0 Å². The molecule has 94 valence electrons. The molecule has 7 nitrogen and oxygen atoms in total. The van der Waals surface area contributed by atoms with Gasteiger partial charge in [0.25, 0.3) is 0 Å². The summed E-state index contributed by atoms with van der Waals surface area (Å²) in [6.07, 6.45) is 4.96. The van der Waals surface area contributed by atoms with Gasteiger partial charge in [-0.15, -0.1) is 0 Å². The fourth-order valence-corrected chi connectivity index (χ4v) is 2.00.